The molecule has 3 N–H and O–H groups in total. The average molecular weight is 465 g/mol. The lowest BCUT2D eigenvalue weighted by Gasteiger charge is -2.36. The fraction of sp³-hybridized carbons (Fsp3) is 0.333. The number of carbonyl (C=O) groups is 1. The average Bonchev–Trinajstić information content (AvgIpc) is 3.46. The molecule has 0 saturated heterocycles. The number of aliphatic hydroxyl groups is 1. The molecule has 10 nitrogen and oxygen atoms in total. The lowest BCUT2D eigenvalue weighted by molar-refractivity contribution is -0.147. The van der Waals surface area contributed by atoms with E-state index in [2.05, 4.69) is 25.9 Å². The number of nitrogens with one attached hydrogen (secondary N) is 2. The van der Waals surface area contributed by atoms with Crippen LogP contribution in [0.15, 0.2) is 59.9 Å². The first-order chi connectivity index (χ1) is 16.2. The van der Waals surface area contributed by atoms with Crippen LogP contribution in [-0.2, 0) is 20.8 Å². The van der Waals surface area contributed by atoms with Gasteiger partial charge < -0.3 is 24.8 Å². The van der Waals surface area contributed by atoms with Crippen LogP contribution in [0.2, 0.25) is 0 Å². The number of methoxy groups -OCH3 is 2. The maximum absolute atomic E-state index is 12.7. The standard InChI is InChI=1S/C24H28N6O4/c1-23(2,32)20-19(22(31)33-4)30(24(3,25-20)34-5)14-15-10-12-16(13-11-15)17-8-6-7-9-18(17)21-26-28-29-27-21/h6-13,25,32H,14H2,1-5H3,(H,26,27,28,29). The SMILES string of the molecule is COC(=O)C1=C(C(C)(C)O)NC(C)(OC)N1Cc1ccc(-c2ccccc2-c2nnn[nH]2)cc1. The Morgan fingerprint density at radius 3 is 2.35 bits per heavy atom. The molecule has 0 aliphatic carbocycles. The van der Waals surface area contributed by atoms with E-state index in [4.69, 9.17) is 9.47 Å². The maximum atomic E-state index is 12.7. The summed E-state index contributed by atoms with van der Waals surface area (Å²) in [5.41, 5.74) is 3.07. The van der Waals surface area contributed by atoms with E-state index in [-0.39, 0.29) is 5.70 Å². The Morgan fingerprint density at radius 2 is 1.79 bits per heavy atom. The van der Waals surface area contributed by atoms with Gasteiger partial charge in [-0.05, 0) is 41.0 Å². The Hall–Kier alpha value is -3.76. The van der Waals surface area contributed by atoms with Crippen molar-refractivity contribution in [3.8, 4) is 22.5 Å². The van der Waals surface area contributed by atoms with E-state index in [0.717, 1.165) is 22.3 Å². The molecular formula is C24H28N6O4. The van der Waals surface area contributed by atoms with Gasteiger partial charge in [-0.3, -0.25) is 0 Å². The topological polar surface area (TPSA) is 125 Å². The first-order valence-electron chi connectivity index (χ1n) is 10.8. The summed E-state index contributed by atoms with van der Waals surface area (Å²) in [6, 6.07) is 15.8. The quantitative estimate of drug-likeness (QED) is 0.452. The summed E-state index contributed by atoms with van der Waals surface area (Å²) in [6.07, 6.45) is 0. The molecule has 0 radical (unpaired) electrons. The van der Waals surface area contributed by atoms with Gasteiger partial charge in [0.15, 0.2) is 5.82 Å². The summed E-state index contributed by atoms with van der Waals surface area (Å²) in [7, 11) is 2.86. The summed E-state index contributed by atoms with van der Waals surface area (Å²) in [6.45, 7) is 5.35. The van der Waals surface area contributed by atoms with Crippen LogP contribution in [0.25, 0.3) is 22.5 Å². The molecule has 1 atom stereocenters. The molecule has 34 heavy (non-hydrogen) atoms. The van der Waals surface area contributed by atoms with Crippen LogP contribution in [0.4, 0.5) is 0 Å². The van der Waals surface area contributed by atoms with Gasteiger partial charge in [0, 0.05) is 26.1 Å². The molecule has 0 spiro atoms. The highest BCUT2D eigenvalue weighted by Gasteiger charge is 2.48. The minimum atomic E-state index is -1.30. The van der Waals surface area contributed by atoms with Gasteiger partial charge in [0.2, 0.25) is 5.85 Å². The lowest BCUT2D eigenvalue weighted by Crippen LogP contribution is -2.52. The Morgan fingerprint density at radius 1 is 1.12 bits per heavy atom. The Bertz CT molecular complexity index is 1200. The summed E-state index contributed by atoms with van der Waals surface area (Å²) in [5.74, 6) is -1.02. The van der Waals surface area contributed by atoms with Gasteiger partial charge in [0.05, 0.1) is 12.8 Å². The van der Waals surface area contributed by atoms with Crippen molar-refractivity contribution in [3.05, 3.63) is 65.5 Å². The number of nitrogens with zero attached hydrogens (tertiary/aromatic N) is 4. The molecule has 2 aromatic carbocycles. The number of ether oxygens (including phenoxy) is 2. The lowest BCUT2D eigenvalue weighted by atomic mass is 9.98. The van der Waals surface area contributed by atoms with Crippen molar-refractivity contribution < 1.29 is 19.4 Å². The van der Waals surface area contributed by atoms with E-state index in [0.29, 0.717) is 18.1 Å². The van der Waals surface area contributed by atoms with E-state index in [1.165, 1.54) is 7.11 Å². The van der Waals surface area contributed by atoms with Gasteiger partial charge in [-0.1, -0.05) is 48.5 Å². The highest BCUT2D eigenvalue weighted by Crippen LogP contribution is 2.36. The molecule has 3 aromatic rings. The third-order valence-corrected chi connectivity index (χ3v) is 5.90. The third kappa shape index (κ3) is 4.25. The second-order valence-corrected chi connectivity index (χ2v) is 8.66. The highest BCUT2D eigenvalue weighted by atomic mass is 16.5. The molecule has 0 bridgehead atoms. The molecule has 1 aromatic heterocycles. The zero-order valence-electron chi connectivity index (χ0n) is 19.8. The van der Waals surface area contributed by atoms with Crippen molar-refractivity contribution in [2.75, 3.05) is 14.2 Å². The monoisotopic (exact) mass is 464 g/mol. The van der Waals surface area contributed by atoms with E-state index < -0.39 is 17.4 Å². The van der Waals surface area contributed by atoms with Gasteiger partial charge in [0.25, 0.3) is 0 Å². The van der Waals surface area contributed by atoms with E-state index in [9.17, 15) is 9.90 Å². The Labute approximate surface area is 197 Å². The van der Waals surface area contributed by atoms with Crippen LogP contribution in [-0.4, -0.2) is 62.3 Å². The molecule has 10 heteroatoms. The van der Waals surface area contributed by atoms with Crippen LogP contribution < -0.4 is 5.32 Å². The molecule has 0 fully saturated rings. The van der Waals surface area contributed by atoms with Crippen LogP contribution in [0.3, 0.4) is 0 Å². The number of tetrazole rings is 1. The summed E-state index contributed by atoms with van der Waals surface area (Å²) in [4.78, 5) is 14.5. The van der Waals surface area contributed by atoms with E-state index in [1.807, 2.05) is 48.5 Å². The second-order valence-electron chi connectivity index (χ2n) is 8.66. The molecule has 0 amide bonds. The van der Waals surface area contributed by atoms with Crippen molar-refractivity contribution in [1.82, 2.24) is 30.8 Å². The number of benzene rings is 2. The van der Waals surface area contributed by atoms with E-state index >= 15 is 0 Å². The number of aromatic amines is 1. The van der Waals surface area contributed by atoms with Crippen LogP contribution in [0.5, 0.6) is 0 Å². The molecule has 2 heterocycles. The third-order valence-electron chi connectivity index (χ3n) is 5.90. The van der Waals surface area contributed by atoms with Gasteiger partial charge in [0.1, 0.15) is 11.3 Å². The molecule has 4 rings (SSSR count). The van der Waals surface area contributed by atoms with Crippen LogP contribution in [0.1, 0.15) is 26.3 Å². The fourth-order valence-electron chi connectivity index (χ4n) is 4.04. The minimum Gasteiger partial charge on any atom is -0.464 e. The Balaban J connectivity index is 1.68. The number of carbonyl (C=O) groups excluding carboxylic acids is 1. The van der Waals surface area contributed by atoms with E-state index in [1.54, 1.807) is 32.8 Å². The molecule has 1 unspecified atom stereocenters. The van der Waals surface area contributed by atoms with Crippen molar-refractivity contribution >= 4 is 5.97 Å². The summed E-state index contributed by atoms with van der Waals surface area (Å²) in [5, 5.41) is 28.0. The number of aromatic nitrogens is 4. The normalized spacial score (nSPS) is 18.2. The smallest absolute Gasteiger partial charge is 0.356 e. The summed E-state index contributed by atoms with van der Waals surface area (Å²) < 4.78 is 10.7. The second kappa shape index (κ2) is 8.88. The largest absolute Gasteiger partial charge is 0.464 e. The molecule has 1 aliphatic rings. The van der Waals surface area contributed by atoms with Crippen molar-refractivity contribution in [3.63, 3.8) is 0 Å². The van der Waals surface area contributed by atoms with Crippen molar-refractivity contribution in [2.24, 2.45) is 0 Å². The van der Waals surface area contributed by atoms with Crippen LogP contribution >= 0.6 is 0 Å². The first kappa shape index (κ1) is 23.4. The zero-order chi connectivity index (χ0) is 24.5. The molecule has 0 saturated carbocycles. The predicted octanol–water partition coefficient (Wildman–Crippen LogP) is 2.41. The minimum absolute atomic E-state index is 0.228. The predicted molar refractivity (Wildman–Crippen MR) is 124 cm³/mol. The molecule has 178 valence electrons. The maximum Gasteiger partial charge on any atom is 0.356 e. The Kier molecular flexibility index (Phi) is 6.11. The van der Waals surface area contributed by atoms with Crippen molar-refractivity contribution in [2.45, 2.75) is 38.8 Å². The van der Waals surface area contributed by atoms with Crippen molar-refractivity contribution in [1.29, 1.82) is 0 Å². The number of rotatable bonds is 7. The molecular weight excluding hydrogens is 436 g/mol. The van der Waals surface area contributed by atoms with Crippen LogP contribution in [0, 0.1) is 0 Å². The number of esters is 1. The summed E-state index contributed by atoms with van der Waals surface area (Å²) >= 11 is 0. The highest BCUT2D eigenvalue weighted by molar-refractivity contribution is 5.89. The van der Waals surface area contributed by atoms with Gasteiger partial charge in [-0.2, -0.15) is 0 Å². The first-order valence-corrected chi connectivity index (χ1v) is 10.8. The van der Waals surface area contributed by atoms with Gasteiger partial charge in [-0.15, -0.1) is 5.10 Å². The number of H-pyrrole nitrogens is 1. The molecule has 1 aliphatic heterocycles. The number of hydrogen-bond acceptors (Lipinski definition) is 9. The van der Waals surface area contributed by atoms with Gasteiger partial charge in [-0.25, -0.2) is 9.89 Å². The number of hydrogen-bond donors (Lipinski definition) is 3. The fourth-order valence-corrected chi connectivity index (χ4v) is 4.04. The van der Waals surface area contributed by atoms with Gasteiger partial charge >= 0.3 is 5.97 Å². The zero-order valence-corrected chi connectivity index (χ0v) is 19.8.